The van der Waals surface area contributed by atoms with E-state index in [-0.39, 0.29) is 0 Å². The molecule has 1 aliphatic heterocycles. The van der Waals surface area contributed by atoms with Gasteiger partial charge in [-0.2, -0.15) is 0 Å². The molecule has 1 N–H and O–H groups in total. The number of likely N-dealkylation sites (tertiary alicyclic amines) is 1. The molecule has 1 fully saturated rings. The van der Waals surface area contributed by atoms with Gasteiger partial charge in [0.1, 0.15) is 10.4 Å². The summed E-state index contributed by atoms with van der Waals surface area (Å²) in [5, 5.41) is 3.36. The van der Waals surface area contributed by atoms with Crippen LogP contribution in [0, 0.1) is 0 Å². The third-order valence-electron chi connectivity index (χ3n) is 4.67. The van der Waals surface area contributed by atoms with E-state index in [1.54, 1.807) is 0 Å². The Bertz CT molecular complexity index is 632. The van der Waals surface area contributed by atoms with Crippen LogP contribution in [0.1, 0.15) is 31.0 Å². The third kappa shape index (κ3) is 3.52. The monoisotopic (exact) mass is 376 g/mol. The van der Waals surface area contributed by atoms with Crippen molar-refractivity contribution in [1.29, 1.82) is 0 Å². The maximum Gasteiger partial charge on any atom is 0.141 e. The van der Waals surface area contributed by atoms with Crippen molar-refractivity contribution >= 4 is 15.9 Å². The average Bonchev–Trinajstić information content (AvgIpc) is 2.89. The minimum atomic E-state index is 0.352. The largest absolute Gasteiger partial charge is 0.329 e. The fraction of sp³-hybridized carbons (Fsp3) is 0.500. The van der Waals surface area contributed by atoms with Gasteiger partial charge in [0.2, 0.25) is 0 Å². The highest BCUT2D eigenvalue weighted by molar-refractivity contribution is 9.10. The summed E-state index contributed by atoms with van der Waals surface area (Å²) in [6.07, 6.45) is 3.94. The van der Waals surface area contributed by atoms with Gasteiger partial charge in [0, 0.05) is 19.2 Å². The SMILES string of the molecule is CNCC(c1c(Br)nc(-c2ccccc2)n1C)N1CCCCC1. The van der Waals surface area contributed by atoms with Crippen molar-refractivity contribution in [2.75, 3.05) is 26.7 Å². The molecule has 124 valence electrons. The molecule has 4 nitrogen and oxygen atoms in total. The number of nitrogens with zero attached hydrogens (tertiary/aromatic N) is 3. The van der Waals surface area contributed by atoms with Gasteiger partial charge in [-0.05, 0) is 48.9 Å². The third-order valence-corrected chi connectivity index (χ3v) is 5.25. The van der Waals surface area contributed by atoms with Gasteiger partial charge >= 0.3 is 0 Å². The molecule has 0 saturated carbocycles. The van der Waals surface area contributed by atoms with Crippen molar-refractivity contribution in [3.63, 3.8) is 0 Å². The highest BCUT2D eigenvalue weighted by Gasteiger charge is 2.28. The molecule has 5 heteroatoms. The number of aromatic nitrogens is 2. The number of hydrogen-bond acceptors (Lipinski definition) is 3. The van der Waals surface area contributed by atoms with Crippen LogP contribution in [0.4, 0.5) is 0 Å². The fourth-order valence-electron chi connectivity index (χ4n) is 3.51. The van der Waals surface area contributed by atoms with Crippen LogP contribution < -0.4 is 5.32 Å². The van der Waals surface area contributed by atoms with E-state index in [1.165, 1.54) is 38.0 Å². The molecule has 23 heavy (non-hydrogen) atoms. The van der Waals surface area contributed by atoms with E-state index in [2.05, 4.69) is 62.0 Å². The minimum absolute atomic E-state index is 0.352. The lowest BCUT2D eigenvalue weighted by Gasteiger charge is -2.35. The number of hydrogen-bond donors (Lipinski definition) is 1. The van der Waals surface area contributed by atoms with E-state index in [9.17, 15) is 0 Å². The highest BCUT2D eigenvalue weighted by atomic mass is 79.9. The second kappa shape index (κ2) is 7.60. The first-order chi connectivity index (χ1) is 11.2. The molecular formula is C18H25BrN4. The summed E-state index contributed by atoms with van der Waals surface area (Å²) in [4.78, 5) is 7.40. The number of likely N-dealkylation sites (N-methyl/N-ethyl adjacent to an activating group) is 1. The van der Waals surface area contributed by atoms with Crippen LogP contribution in [0.15, 0.2) is 34.9 Å². The van der Waals surface area contributed by atoms with Crippen LogP contribution in [0.25, 0.3) is 11.4 Å². The Morgan fingerprint density at radius 3 is 2.52 bits per heavy atom. The van der Waals surface area contributed by atoms with Gasteiger partial charge in [-0.3, -0.25) is 4.90 Å². The summed E-state index contributed by atoms with van der Waals surface area (Å²) in [6.45, 7) is 3.28. The van der Waals surface area contributed by atoms with Crippen molar-refractivity contribution in [2.24, 2.45) is 7.05 Å². The van der Waals surface area contributed by atoms with Crippen LogP contribution in [-0.2, 0) is 7.05 Å². The predicted octanol–water partition coefficient (Wildman–Crippen LogP) is 3.60. The summed E-state index contributed by atoms with van der Waals surface area (Å²) in [5.74, 6) is 1.02. The molecule has 0 spiro atoms. The van der Waals surface area contributed by atoms with E-state index in [4.69, 9.17) is 4.98 Å². The smallest absolute Gasteiger partial charge is 0.141 e. The first-order valence-electron chi connectivity index (χ1n) is 8.38. The lowest BCUT2D eigenvalue weighted by molar-refractivity contribution is 0.156. The summed E-state index contributed by atoms with van der Waals surface area (Å²) in [6, 6.07) is 10.8. The van der Waals surface area contributed by atoms with Crippen molar-refractivity contribution in [2.45, 2.75) is 25.3 Å². The van der Waals surface area contributed by atoms with E-state index < -0.39 is 0 Å². The molecule has 0 amide bonds. The lowest BCUT2D eigenvalue weighted by atomic mass is 10.1. The van der Waals surface area contributed by atoms with Crippen LogP contribution in [-0.4, -0.2) is 41.1 Å². The Morgan fingerprint density at radius 1 is 1.17 bits per heavy atom. The molecule has 1 aromatic carbocycles. The van der Waals surface area contributed by atoms with E-state index in [1.807, 2.05) is 13.1 Å². The van der Waals surface area contributed by atoms with E-state index in [0.29, 0.717) is 6.04 Å². The Kier molecular flexibility index (Phi) is 5.51. The zero-order chi connectivity index (χ0) is 16.2. The van der Waals surface area contributed by atoms with Crippen LogP contribution in [0.5, 0.6) is 0 Å². The van der Waals surface area contributed by atoms with Crippen LogP contribution >= 0.6 is 15.9 Å². The minimum Gasteiger partial charge on any atom is -0.329 e. The summed E-state index contributed by atoms with van der Waals surface area (Å²) >= 11 is 3.72. The normalized spacial score (nSPS) is 17.3. The Labute approximate surface area is 147 Å². The molecule has 0 bridgehead atoms. The number of rotatable bonds is 5. The van der Waals surface area contributed by atoms with Gasteiger partial charge in [-0.1, -0.05) is 36.8 Å². The number of imidazole rings is 1. The van der Waals surface area contributed by atoms with Gasteiger partial charge < -0.3 is 9.88 Å². The molecule has 2 heterocycles. The molecule has 1 saturated heterocycles. The lowest BCUT2D eigenvalue weighted by Crippen LogP contribution is -2.39. The standard InChI is InChI=1S/C18H25BrN4/c1-20-13-15(23-11-7-4-8-12-23)16-17(19)21-18(22(16)2)14-9-5-3-6-10-14/h3,5-6,9-10,15,20H,4,7-8,11-13H2,1-2H3. The Hall–Kier alpha value is -1.17. The van der Waals surface area contributed by atoms with Gasteiger partial charge in [0.15, 0.2) is 0 Å². The van der Waals surface area contributed by atoms with Gasteiger partial charge in [-0.25, -0.2) is 4.98 Å². The average molecular weight is 377 g/mol. The van der Waals surface area contributed by atoms with E-state index in [0.717, 1.165) is 22.5 Å². The van der Waals surface area contributed by atoms with E-state index >= 15 is 0 Å². The van der Waals surface area contributed by atoms with Crippen molar-refractivity contribution < 1.29 is 0 Å². The van der Waals surface area contributed by atoms with Crippen molar-refractivity contribution in [1.82, 2.24) is 19.8 Å². The van der Waals surface area contributed by atoms with Gasteiger partial charge in [0.25, 0.3) is 0 Å². The van der Waals surface area contributed by atoms with Crippen molar-refractivity contribution in [3.05, 3.63) is 40.6 Å². The quantitative estimate of drug-likeness (QED) is 0.865. The molecule has 0 aliphatic carbocycles. The summed E-state index contributed by atoms with van der Waals surface area (Å²) in [7, 11) is 4.15. The molecule has 1 aromatic heterocycles. The Balaban J connectivity index is 1.98. The molecule has 0 radical (unpaired) electrons. The molecule has 1 aliphatic rings. The Morgan fingerprint density at radius 2 is 1.87 bits per heavy atom. The molecule has 1 atom stereocenters. The second-order valence-corrected chi connectivity index (χ2v) is 6.96. The van der Waals surface area contributed by atoms with Gasteiger partial charge in [0.05, 0.1) is 11.7 Å². The van der Waals surface area contributed by atoms with Gasteiger partial charge in [-0.15, -0.1) is 0 Å². The zero-order valence-corrected chi connectivity index (χ0v) is 15.5. The van der Waals surface area contributed by atoms with Crippen LogP contribution in [0.2, 0.25) is 0 Å². The topological polar surface area (TPSA) is 33.1 Å². The number of piperidine rings is 1. The summed E-state index contributed by atoms with van der Waals surface area (Å²) < 4.78 is 3.21. The predicted molar refractivity (Wildman–Crippen MR) is 98.4 cm³/mol. The molecular weight excluding hydrogens is 352 g/mol. The number of halogens is 1. The maximum absolute atomic E-state index is 4.80. The maximum atomic E-state index is 4.80. The molecule has 2 aromatic rings. The highest BCUT2D eigenvalue weighted by Crippen LogP contribution is 2.33. The molecule has 1 unspecified atom stereocenters. The number of nitrogens with one attached hydrogen (secondary N) is 1. The van der Waals surface area contributed by atoms with Crippen LogP contribution in [0.3, 0.4) is 0 Å². The zero-order valence-electron chi connectivity index (χ0n) is 13.9. The van der Waals surface area contributed by atoms with Crippen molar-refractivity contribution in [3.8, 4) is 11.4 Å². The first kappa shape index (κ1) is 16.7. The second-order valence-electron chi connectivity index (χ2n) is 6.21. The molecule has 3 rings (SSSR count). The number of benzene rings is 1. The first-order valence-corrected chi connectivity index (χ1v) is 9.18. The fourth-order valence-corrected chi connectivity index (χ4v) is 4.20. The summed E-state index contributed by atoms with van der Waals surface area (Å²) in [5.41, 5.74) is 2.42.